The van der Waals surface area contributed by atoms with E-state index >= 15 is 0 Å². The molecule has 0 radical (unpaired) electrons. The average molecular weight is 462 g/mol. The Bertz CT molecular complexity index is 1160. The molecule has 3 aromatic carbocycles. The van der Waals surface area contributed by atoms with Crippen LogP contribution in [0.25, 0.3) is 11.1 Å². The van der Waals surface area contributed by atoms with Crippen molar-refractivity contribution < 1.29 is 9.59 Å². The zero-order valence-electron chi connectivity index (χ0n) is 19.1. The Labute approximate surface area is 199 Å². The van der Waals surface area contributed by atoms with Gasteiger partial charge in [-0.2, -0.15) is 0 Å². The van der Waals surface area contributed by atoms with Gasteiger partial charge in [-0.05, 0) is 85.5 Å². The molecule has 4 rings (SSSR count). The van der Waals surface area contributed by atoms with Crippen molar-refractivity contribution in [2.24, 2.45) is 0 Å². The van der Waals surface area contributed by atoms with Gasteiger partial charge < -0.3 is 15.5 Å². The van der Waals surface area contributed by atoms with E-state index in [4.69, 9.17) is 11.6 Å². The maximum atomic E-state index is 12.4. The van der Waals surface area contributed by atoms with Gasteiger partial charge in [0, 0.05) is 41.5 Å². The van der Waals surface area contributed by atoms with E-state index < -0.39 is 0 Å². The lowest BCUT2D eigenvalue weighted by molar-refractivity contribution is -0.117. The second-order valence-electron chi connectivity index (χ2n) is 8.39. The summed E-state index contributed by atoms with van der Waals surface area (Å²) in [5.41, 5.74) is 5.67. The van der Waals surface area contributed by atoms with Gasteiger partial charge in [0.25, 0.3) is 5.91 Å². The number of nitrogens with one attached hydrogen (secondary N) is 2. The van der Waals surface area contributed by atoms with Crippen molar-refractivity contribution in [3.63, 3.8) is 0 Å². The molecule has 1 aliphatic heterocycles. The molecule has 0 aromatic heterocycles. The molecule has 0 spiro atoms. The first kappa shape index (κ1) is 22.9. The summed E-state index contributed by atoms with van der Waals surface area (Å²) in [7, 11) is 0. The molecule has 2 amide bonds. The van der Waals surface area contributed by atoms with E-state index in [1.54, 1.807) is 6.92 Å². The molecule has 1 aliphatic rings. The van der Waals surface area contributed by atoms with E-state index in [1.807, 2.05) is 72.5 Å². The van der Waals surface area contributed by atoms with Crippen LogP contribution in [0.15, 0.2) is 66.7 Å². The largest absolute Gasteiger partial charge is 0.378 e. The van der Waals surface area contributed by atoms with Crippen LogP contribution in [0.4, 0.5) is 11.4 Å². The number of benzene rings is 3. The summed E-state index contributed by atoms with van der Waals surface area (Å²) in [6.07, 6.45) is 0.786. The van der Waals surface area contributed by atoms with Gasteiger partial charge in [-0.1, -0.05) is 29.8 Å². The number of rotatable bonds is 5. The fourth-order valence-electron chi connectivity index (χ4n) is 4.48. The van der Waals surface area contributed by atoms with Crippen molar-refractivity contribution in [1.82, 2.24) is 5.32 Å². The topological polar surface area (TPSA) is 61.4 Å². The Kier molecular flexibility index (Phi) is 6.70. The Balaban J connectivity index is 1.70. The van der Waals surface area contributed by atoms with Crippen LogP contribution in [0, 0.1) is 0 Å². The van der Waals surface area contributed by atoms with Gasteiger partial charge in [-0.3, -0.25) is 9.59 Å². The summed E-state index contributed by atoms with van der Waals surface area (Å²) in [6, 6.07) is 21.6. The maximum absolute atomic E-state index is 12.4. The Hall–Kier alpha value is -3.31. The highest BCUT2D eigenvalue weighted by Gasteiger charge is 2.32. The molecule has 0 aliphatic carbocycles. The highest BCUT2D eigenvalue weighted by Crippen LogP contribution is 2.41. The molecule has 0 bridgehead atoms. The van der Waals surface area contributed by atoms with E-state index in [1.165, 1.54) is 0 Å². The number of nitrogens with zero attached hydrogens (tertiary/aromatic N) is 1. The summed E-state index contributed by atoms with van der Waals surface area (Å²) >= 11 is 6.05. The highest BCUT2D eigenvalue weighted by atomic mass is 35.5. The van der Waals surface area contributed by atoms with Gasteiger partial charge in [-0.25, -0.2) is 0 Å². The van der Waals surface area contributed by atoms with Crippen molar-refractivity contribution in [1.29, 1.82) is 0 Å². The third kappa shape index (κ3) is 4.88. The van der Waals surface area contributed by atoms with Crippen LogP contribution in [0.3, 0.4) is 0 Å². The molecular weight excluding hydrogens is 434 g/mol. The molecule has 0 saturated carbocycles. The van der Waals surface area contributed by atoms with Gasteiger partial charge in [-0.15, -0.1) is 0 Å². The number of halogens is 1. The SMILES string of the molecule is CCNC(=O)c1ccc(-c2ccc3c(c2)[C@@H](Nc2ccc(Cl)cc2)C[C@@H](C)N3C(C)=O)cc1. The lowest BCUT2D eigenvalue weighted by Crippen LogP contribution is -2.43. The van der Waals surface area contributed by atoms with Crippen LogP contribution in [-0.4, -0.2) is 24.4 Å². The smallest absolute Gasteiger partial charge is 0.251 e. The number of carbonyl (C=O) groups is 2. The van der Waals surface area contributed by atoms with E-state index in [-0.39, 0.29) is 23.9 Å². The molecule has 2 N–H and O–H groups in total. The maximum Gasteiger partial charge on any atom is 0.251 e. The summed E-state index contributed by atoms with van der Waals surface area (Å²) in [4.78, 5) is 26.4. The molecule has 0 unspecified atom stereocenters. The molecule has 33 heavy (non-hydrogen) atoms. The van der Waals surface area contributed by atoms with E-state index in [2.05, 4.69) is 23.6 Å². The molecule has 0 saturated heterocycles. The Morgan fingerprint density at radius 1 is 1.00 bits per heavy atom. The molecule has 1 heterocycles. The monoisotopic (exact) mass is 461 g/mol. The highest BCUT2D eigenvalue weighted by molar-refractivity contribution is 6.30. The molecule has 5 nitrogen and oxygen atoms in total. The minimum atomic E-state index is -0.0761. The molecular formula is C27H28ClN3O2. The van der Waals surface area contributed by atoms with Crippen LogP contribution < -0.4 is 15.5 Å². The average Bonchev–Trinajstić information content (AvgIpc) is 2.80. The molecule has 2 atom stereocenters. The number of hydrogen-bond donors (Lipinski definition) is 2. The zero-order chi connectivity index (χ0) is 23.5. The quantitative estimate of drug-likeness (QED) is 0.485. The fraction of sp³-hybridized carbons (Fsp3) is 0.259. The van der Waals surface area contributed by atoms with E-state index in [9.17, 15) is 9.59 Å². The Morgan fingerprint density at radius 2 is 1.67 bits per heavy atom. The minimum Gasteiger partial charge on any atom is -0.378 e. The third-order valence-corrected chi connectivity index (χ3v) is 6.27. The second-order valence-corrected chi connectivity index (χ2v) is 8.82. The van der Waals surface area contributed by atoms with Crippen molar-refractivity contribution in [3.05, 3.63) is 82.9 Å². The van der Waals surface area contributed by atoms with Crippen LogP contribution in [0.2, 0.25) is 5.02 Å². The second kappa shape index (κ2) is 9.67. The van der Waals surface area contributed by atoms with E-state index in [0.29, 0.717) is 17.1 Å². The van der Waals surface area contributed by atoms with Gasteiger partial charge in [0.2, 0.25) is 5.91 Å². The van der Waals surface area contributed by atoms with Crippen LogP contribution in [0.5, 0.6) is 0 Å². The third-order valence-electron chi connectivity index (χ3n) is 6.02. The van der Waals surface area contributed by atoms with Crippen molar-refractivity contribution in [2.75, 3.05) is 16.8 Å². The van der Waals surface area contributed by atoms with Crippen molar-refractivity contribution in [2.45, 2.75) is 39.3 Å². The lowest BCUT2D eigenvalue weighted by atomic mass is 9.88. The van der Waals surface area contributed by atoms with Gasteiger partial charge in [0.05, 0.1) is 6.04 Å². The number of hydrogen-bond acceptors (Lipinski definition) is 3. The molecule has 170 valence electrons. The van der Waals surface area contributed by atoms with Gasteiger partial charge in [0.1, 0.15) is 0 Å². The minimum absolute atomic E-state index is 0.0349. The number of carbonyl (C=O) groups excluding carboxylic acids is 2. The van der Waals surface area contributed by atoms with Crippen LogP contribution >= 0.6 is 11.6 Å². The first-order valence-electron chi connectivity index (χ1n) is 11.2. The standard InChI is InChI=1S/C27H28ClN3O2/c1-4-29-27(33)20-7-5-19(6-8-20)21-9-14-26-24(16-21)25(15-17(2)31(26)18(3)32)30-23-12-10-22(28)11-13-23/h5-14,16-17,25,30H,4,15H2,1-3H3,(H,29,33)/t17-,25+/m1/s1. The van der Waals surface area contributed by atoms with Crippen molar-refractivity contribution >= 4 is 34.8 Å². The summed E-state index contributed by atoms with van der Waals surface area (Å²) in [5, 5.41) is 7.14. The zero-order valence-corrected chi connectivity index (χ0v) is 19.8. The molecule has 6 heteroatoms. The normalized spacial score (nSPS) is 17.3. The molecule has 3 aromatic rings. The summed E-state index contributed by atoms with van der Waals surface area (Å²) < 4.78 is 0. The van der Waals surface area contributed by atoms with Gasteiger partial charge >= 0.3 is 0 Å². The lowest BCUT2D eigenvalue weighted by Gasteiger charge is -2.39. The summed E-state index contributed by atoms with van der Waals surface area (Å²) in [6.45, 7) is 6.19. The number of amides is 2. The number of anilines is 2. The van der Waals surface area contributed by atoms with Gasteiger partial charge in [0.15, 0.2) is 0 Å². The van der Waals surface area contributed by atoms with Crippen LogP contribution in [-0.2, 0) is 4.79 Å². The number of fused-ring (bicyclic) bond motifs is 1. The van der Waals surface area contributed by atoms with E-state index in [0.717, 1.165) is 34.5 Å². The first-order chi connectivity index (χ1) is 15.9. The first-order valence-corrected chi connectivity index (χ1v) is 11.6. The predicted molar refractivity (Wildman–Crippen MR) is 135 cm³/mol. The molecule has 0 fully saturated rings. The Morgan fingerprint density at radius 3 is 2.30 bits per heavy atom. The summed E-state index contributed by atoms with van der Waals surface area (Å²) in [5.74, 6) is -0.0412. The predicted octanol–water partition coefficient (Wildman–Crippen LogP) is 6.06. The van der Waals surface area contributed by atoms with Crippen molar-refractivity contribution in [3.8, 4) is 11.1 Å². The van der Waals surface area contributed by atoms with Crippen LogP contribution in [0.1, 0.15) is 49.2 Å². The fourth-order valence-corrected chi connectivity index (χ4v) is 4.61.